The molecule has 0 saturated heterocycles. The van der Waals surface area contributed by atoms with Gasteiger partial charge in [0.25, 0.3) is 11.5 Å². The Morgan fingerprint density at radius 1 is 0.970 bits per heavy atom. The predicted octanol–water partition coefficient (Wildman–Crippen LogP) is 2.83. The first-order valence-electron chi connectivity index (χ1n) is 10.3. The fraction of sp³-hybridized carbons (Fsp3) is 0.160. The van der Waals surface area contributed by atoms with E-state index in [1.807, 2.05) is 24.3 Å². The largest absolute Gasteiger partial charge is 0.497 e. The van der Waals surface area contributed by atoms with E-state index >= 15 is 0 Å². The number of fused-ring (bicyclic) bond motifs is 1. The van der Waals surface area contributed by atoms with Crippen molar-refractivity contribution < 1.29 is 13.9 Å². The number of amides is 1. The average Bonchev–Trinajstić information content (AvgIpc) is 2.85. The molecule has 1 aromatic heterocycles. The van der Waals surface area contributed by atoms with Crippen molar-refractivity contribution in [3.8, 4) is 5.75 Å². The lowest BCUT2D eigenvalue weighted by Crippen LogP contribution is -2.39. The zero-order chi connectivity index (χ0) is 23.5. The number of halogens is 1. The van der Waals surface area contributed by atoms with Gasteiger partial charge in [0, 0.05) is 19.2 Å². The molecule has 0 saturated carbocycles. The lowest BCUT2D eigenvalue weighted by Gasteiger charge is -2.12. The molecule has 3 aromatic carbocycles. The van der Waals surface area contributed by atoms with Gasteiger partial charge >= 0.3 is 5.69 Å². The number of carbonyl (C=O) groups is 1. The minimum atomic E-state index is -0.512. The molecule has 4 rings (SSSR count). The summed E-state index contributed by atoms with van der Waals surface area (Å²) in [5.74, 6) is -0.0176. The van der Waals surface area contributed by atoms with E-state index in [2.05, 4.69) is 5.32 Å². The number of carbonyl (C=O) groups excluding carboxylic acids is 1. The Kier molecular flexibility index (Phi) is 6.08. The Hall–Kier alpha value is -4.20. The fourth-order valence-electron chi connectivity index (χ4n) is 3.60. The summed E-state index contributed by atoms with van der Waals surface area (Å²) < 4.78 is 20.8. The summed E-state index contributed by atoms with van der Waals surface area (Å²) in [4.78, 5) is 38.6. The molecule has 0 radical (unpaired) electrons. The van der Waals surface area contributed by atoms with Gasteiger partial charge in [-0.2, -0.15) is 0 Å². The molecular weight excluding hydrogens is 425 g/mol. The molecule has 8 heteroatoms. The Balaban J connectivity index is 1.64. The van der Waals surface area contributed by atoms with Gasteiger partial charge in [-0.05, 0) is 53.6 Å². The molecular formula is C25H22FN3O4. The van der Waals surface area contributed by atoms with Gasteiger partial charge in [-0.1, -0.05) is 24.3 Å². The lowest BCUT2D eigenvalue weighted by molar-refractivity contribution is 0.0951. The molecule has 1 heterocycles. The third-order valence-electron chi connectivity index (χ3n) is 5.48. The van der Waals surface area contributed by atoms with Crippen LogP contribution in [0.5, 0.6) is 5.75 Å². The normalized spacial score (nSPS) is 10.9. The van der Waals surface area contributed by atoms with Crippen LogP contribution >= 0.6 is 0 Å². The summed E-state index contributed by atoms with van der Waals surface area (Å²) in [5, 5.41) is 3.08. The van der Waals surface area contributed by atoms with Crippen molar-refractivity contribution >= 4 is 16.8 Å². The fourth-order valence-corrected chi connectivity index (χ4v) is 3.60. The maximum absolute atomic E-state index is 13.2. The Labute approximate surface area is 188 Å². The molecule has 1 amide bonds. The van der Waals surface area contributed by atoms with Crippen LogP contribution in [-0.4, -0.2) is 22.2 Å². The van der Waals surface area contributed by atoms with Gasteiger partial charge in [0.1, 0.15) is 11.6 Å². The van der Waals surface area contributed by atoms with E-state index in [0.717, 1.165) is 15.9 Å². The number of nitrogens with one attached hydrogen (secondary N) is 1. The summed E-state index contributed by atoms with van der Waals surface area (Å²) in [6.45, 7) is 0.304. The predicted molar refractivity (Wildman–Crippen MR) is 123 cm³/mol. The number of hydrogen-bond donors (Lipinski definition) is 1. The van der Waals surface area contributed by atoms with Crippen molar-refractivity contribution in [2.75, 3.05) is 7.11 Å². The van der Waals surface area contributed by atoms with Crippen LogP contribution in [0.4, 0.5) is 4.39 Å². The highest BCUT2D eigenvalue weighted by Gasteiger charge is 2.14. The minimum absolute atomic E-state index is 0.00434. The second-order valence-corrected chi connectivity index (χ2v) is 7.62. The topological polar surface area (TPSA) is 82.3 Å². The van der Waals surface area contributed by atoms with Crippen molar-refractivity contribution in [2.45, 2.75) is 13.1 Å². The first-order chi connectivity index (χ1) is 15.9. The number of ether oxygens (including phenoxy) is 1. The minimum Gasteiger partial charge on any atom is -0.497 e. The molecule has 0 atom stereocenters. The number of hydrogen-bond acceptors (Lipinski definition) is 4. The lowest BCUT2D eigenvalue weighted by atomic mass is 10.1. The highest BCUT2D eigenvalue weighted by Crippen LogP contribution is 2.13. The van der Waals surface area contributed by atoms with E-state index in [-0.39, 0.29) is 17.8 Å². The SMILES string of the molecule is COc1ccc(CNC(=O)c2ccc3c(c2)c(=O)n(Cc2ccc(F)cc2)c(=O)n3C)cc1. The van der Waals surface area contributed by atoms with Crippen LogP contribution in [0.25, 0.3) is 10.9 Å². The van der Waals surface area contributed by atoms with Gasteiger partial charge in [-0.3, -0.25) is 18.7 Å². The number of aromatic nitrogens is 2. The maximum Gasteiger partial charge on any atom is 0.331 e. The van der Waals surface area contributed by atoms with E-state index < -0.39 is 17.1 Å². The molecule has 33 heavy (non-hydrogen) atoms. The average molecular weight is 447 g/mol. The number of rotatable bonds is 6. The van der Waals surface area contributed by atoms with Crippen molar-refractivity contribution in [3.63, 3.8) is 0 Å². The maximum atomic E-state index is 13.2. The number of aryl methyl sites for hydroxylation is 1. The molecule has 0 aliphatic heterocycles. The Bertz CT molecular complexity index is 1440. The van der Waals surface area contributed by atoms with Crippen LogP contribution in [-0.2, 0) is 20.1 Å². The van der Waals surface area contributed by atoms with Crippen molar-refractivity contribution in [1.29, 1.82) is 0 Å². The zero-order valence-electron chi connectivity index (χ0n) is 18.2. The van der Waals surface area contributed by atoms with E-state index in [1.54, 1.807) is 26.3 Å². The molecule has 0 fully saturated rings. The van der Waals surface area contributed by atoms with E-state index in [9.17, 15) is 18.8 Å². The molecule has 0 aliphatic rings. The summed E-state index contributed by atoms with van der Waals surface area (Å²) >= 11 is 0. The molecule has 0 unspecified atom stereocenters. The quantitative estimate of drug-likeness (QED) is 0.493. The van der Waals surface area contributed by atoms with Crippen LogP contribution in [0.1, 0.15) is 21.5 Å². The van der Waals surface area contributed by atoms with Crippen LogP contribution in [0, 0.1) is 5.82 Å². The number of nitrogens with zero attached hydrogens (tertiary/aromatic N) is 2. The third-order valence-corrected chi connectivity index (χ3v) is 5.48. The molecule has 1 N–H and O–H groups in total. The van der Waals surface area contributed by atoms with Gasteiger partial charge in [-0.15, -0.1) is 0 Å². The summed E-state index contributed by atoms with van der Waals surface area (Å²) in [6.07, 6.45) is 0. The molecule has 0 spiro atoms. The number of methoxy groups -OCH3 is 1. The van der Waals surface area contributed by atoms with E-state index in [4.69, 9.17) is 4.74 Å². The molecule has 4 aromatic rings. The Morgan fingerprint density at radius 2 is 1.64 bits per heavy atom. The van der Waals surface area contributed by atoms with Gasteiger partial charge in [-0.25, -0.2) is 9.18 Å². The van der Waals surface area contributed by atoms with E-state index in [0.29, 0.717) is 23.2 Å². The van der Waals surface area contributed by atoms with Crippen LogP contribution in [0.3, 0.4) is 0 Å². The highest BCUT2D eigenvalue weighted by molar-refractivity contribution is 5.97. The van der Waals surface area contributed by atoms with Crippen molar-refractivity contribution in [1.82, 2.24) is 14.5 Å². The van der Waals surface area contributed by atoms with Crippen molar-refractivity contribution in [3.05, 3.63) is 110 Å². The van der Waals surface area contributed by atoms with Crippen LogP contribution in [0.15, 0.2) is 76.3 Å². The summed E-state index contributed by atoms with van der Waals surface area (Å²) in [5.41, 5.74) is 1.24. The van der Waals surface area contributed by atoms with Crippen LogP contribution in [0.2, 0.25) is 0 Å². The first-order valence-corrected chi connectivity index (χ1v) is 10.3. The summed E-state index contributed by atoms with van der Waals surface area (Å²) in [6, 6.07) is 17.6. The van der Waals surface area contributed by atoms with Gasteiger partial charge in [0.15, 0.2) is 0 Å². The van der Waals surface area contributed by atoms with Gasteiger partial charge in [0.2, 0.25) is 0 Å². The van der Waals surface area contributed by atoms with Crippen molar-refractivity contribution in [2.24, 2.45) is 7.05 Å². The third kappa shape index (κ3) is 4.55. The van der Waals surface area contributed by atoms with E-state index in [1.165, 1.54) is 34.9 Å². The van der Waals surface area contributed by atoms with Crippen LogP contribution < -0.4 is 21.3 Å². The van der Waals surface area contributed by atoms with Gasteiger partial charge < -0.3 is 10.1 Å². The smallest absolute Gasteiger partial charge is 0.331 e. The monoisotopic (exact) mass is 447 g/mol. The molecule has 168 valence electrons. The second-order valence-electron chi connectivity index (χ2n) is 7.62. The number of benzene rings is 3. The first kappa shape index (κ1) is 22.0. The Morgan fingerprint density at radius 3 is 2.30 bits per heavy atom. The second kappa shape index (κ2) is 9.12. The standard InChI is InChI=1S/C25H22FN3O4/c1-28-22-12-7-18(23(30)27-14-16-5-10-20(33-2)11-6-16)13-21(22)24(31)29(25(28)32)15-17-3-8-19(26)9-4-17/h3-13H,14-15H2,1-2H3,(H,27,30). The summed E-state index contributed by atoms with van der Waals surface area (Å²) in [7, 11) is 3.15. The molecule has 0 bridgehead atoms. The highest BCUT2D eigenvalue weighted by atomic mass is 19.1. The molecule has 0 aliphatic carbocycles. The zero-order valence-corrected chi connectivity index (χ0v) is 18.2. The van der Waals surface area contributed by atoms with Gasteiger partial charge in [0.05, 0.1) is 24.6 Å². The molecule has 7 nitrogen and oxygen atoms in total.